The molecule has 1 aliphatic rings. The maximum atomic E-state index is 11.2. The summed E-state index contributed by atoms with van der Waals surface area (Å²) < 4.78 is 0. The Morgan fingerprint density at radius 1 is 1.24 bits per heavy atom. The summed E-state index contributed by atoms with van der Waals surface area (Å²) in [5, 5.41) is 12.7. The van der Waals surface area contributed by atoms with Gasteiger partial charge in [-0.15, -0.1) is 0 Å². The third-order valence-electron chi connectivity index (χ3n) is 4.09. The molecule has 21 heavy (non-hydrogen) atoms. The van der Waals surface area contributed by atoms with Crippen molar-refractivity contribution in [3.63, 3.8) is 0 Å². The number of rotatable bonds is 5. The van der Waals surface area contributed by atoms with Crippen LogP contribution in [0.25, 0.3) is 0 Å². The molecule has 0 bridgehead atoms. The smallest absolute Gasteiger partial charge is 0.335 e. The van der Waals surface area contributed by atoms with Crippen LogP contribution in [0.2, 0.25) is 0 Å². The van der Waals surface area contributed by atoms with Crippen LogP contribution in [0.15, 0.2) is 12.1 Å². The number of carboxylic acid groups (broad SMARTS) is 1. The molecule has 0 unspecified atom stereocenters. The number of carboxylic acids is 1. The highest BCUT2D eigenvalue weighted by atomic mass is 16.4. The van der Waals surface area contributed by atoms with E-state index in [1.165, 1.54) is 32.1 Å². The van der Waals surface area contributed by atoms with Crippen molar-refractivity contribution in [1.29, 1.82) is 0 Å². The van der Waals surface area contributed by atoms with Crippen molar-refractivity contribution >= 4 is 11.8 Å². The van der Waals surface area contributed by atoms with E-state index in [4.69, 9.17) is 0 Å². The quantitative estimate of drug-likeness (QED) is 0.850. The standard InChI is InChI=1S/C17H26N2O2/c1-2-8-15-11-13(17(20)21)12-16(19-15)18-14-9-6-4-3-5-7-10-14/h11-12,14H,2-10H2,1H3,(H,18,19)(H,20,21). The Morgan fingerprint density at radius 2 is 1.90 bits per heavy atom. The van der Waals surface area contributed by atoms with Crippen molar-refractivity contribution in [2.45, 2.75) is 70.8 Å². The molecule has 0 radical (unpaired) electrons. The molecule has 0 spiro atoms. The first-order valence-corrected chi connectivity index (χ1v) is 8.20. The van der Waals surface area contributed by atoms with Crippen LogP contribution >= 0.6 is 0 Å². The Balaban J connectivity index is 2.11. The van der Waals surface area contributed by atoms with Crippen LogP contribution in [0.5, 0.6) is 0 Å². The van der Waals surface area contributed by atoms with Crippen LogP contribution in [0.3, 0.4) is 0 Å². The fourth-order valence-corrected chi connectivity index (χ4v) is 2.98. The Labute approximate surface area is 127 Å². The molecule has 1 saturated carbocycles. The third-order valence-corrected chi connectivity index (χ3v) is 4.09. The fourth-order valence-electron chi connectivity index (χ4n) is 2.98. The van der Waals surface area contributed by atoms with Gasteiger partial charge in [0, 0.05) is 11.7 Å². The third kappa shape index (κ3) is 5.03. The Bertz CT molecular complexity index is 466. The first-order chi connectivity index (χ1) is 10.2. The molecular formula is C17H26N2O2. The molecule has 2 rings (SSSR count). The van der Waals surface area contributed by atoms with Gasteiger partial charge in [0.05, 0.1) is 5.56 Å². The highest BCUT2D eigenvalue weighted by Crippen LogP contribution is 2.21. The van der Waals surface area contributed by atoms with Crippen molar-refractivity contribution in [3.8, 4) is 0 Å². The number of aryl methyl sites for hydroxylation is 1. The first-order valence-electron chi connectivity index (χ1n) is 8.20. The lowest BCUT2D eigenvalue weighted by Gasteiger charge is -2.22. The summed E-state index contributed by atoms with van der Waals surface area (Å²) in [4.78, 5) is 15.8. The second-order valence-electron chi connectivity index (χ2n) is 5.97. The van der Waals surface area contributed by atoms with E-state index in [1.807, 2.05) is 0 Å². The molecule has 1 aromatic heterocycles. The van der Waals surface area contributed by atoms with Gasteiger partial charge in [-0.1, -0.05) is 45.4 Å². The minimum Gasteiger partial charge on any atom is -0.478 e. The number of nitrogens with zero attached hydrogens (tertiary/aromatic N) is 1. The number of pyridine rings is 1. The number of hydrogen-bond acceptors (Lipinski definition) is 3. The van der Waals surface area contributed by atoms with E-state index in [-0.39, 0.29) is 0 Å². The summed E-state index contributed by atoms with van der Waals surface area (Å²) in [5.41, 5.74) is 1.20. The number of anilines is 1. The van der Waals surface area contributed by atoms with E-state index in [0.717, 1.165) is 37.2 Å². The molecule has 4 heteroatoms. The largest absolute Gasteiger partial charge is 0.478 e. The van der Waals surface area contributed by atoms with Gasteiger partial charge in [-0.2, -0.15) is 0 Å². The first kappa shape index (κ1) is 15.8. The summed E-state index contributed by atoms with van der Waals surface area (Å²) in [6, 6.07) is 3.78. The molecule has 116 valence electrons. The maximum Gasteiger partial charge on any atom is 0.335 e. The second kappa shape index (κ2) is 8.01. The van der Waals surface area contributed by atoms with Gasteiger partial charge >= 0.3 is 5.97 Å². The van der Waals surface area contributed by atoms with Gasteiger partial charge in [0.1, 0.15) is 5.82 Å². The average molecular weight is 290 g/mol. The van der Waals surface area contributed by atoms with Crippen LogP contribution in [0.4, 0.5) is 5.82 Å². The van der Waals surface area contributed by atoms with Gasteiger partial charge in [0.15, 0.2) is 0 Å². The van der Waals surface area contributed by atoms with E-state index in [1.54, 1.807) is 12.1 Å². The molecular weight excluding hydrogens is 264 g/mol. The lowest BCUT2D eigenvalue weighted by molar-refractivity contribution is 0.0696. The average Bonchev–Trinajstić information content (AvgIpc) is 2.42. The highest BCUT2D eigenvalue weighted by Gasteiger charge is 2.14. The zero-order valence-electron chi connectivity index (χ0n) is 12.9. The monoisotopic (exact) mass is 290 g/mol. The van der Waals surface area contributed by atoms with Gasteiger partial charge in [0.25, 0.3) is 0 Å². The maximum absolute atomic E-state index is 11.2. The van der Waals surface area contributed by atoms with Gasteiger partial charge in [-0.3, -0.25) is 0 Å². The van der Waals surface area contributed by atoms with Crippen molar-refractivity contribution in [1.82, 2.24) is 4.98 Å². The number of carbonyl (C=O) groups is 1. The van der Waals surface area contributed by atoms with E-state index in [2.05, 4.69) is 17.2 Å². The molecule has 2 N–H and O–H groups in total. The number of aromatic carboxylic acids is 1. The predicted molar refractivity (Wildman–Crippen MR) is 84.9 cm³/mol. The normalized spacial score (nSPS) is 17.0. The number of aromatic nitrogens is 1. The van der Waals surface area contributed by atoms with Gasteiger partial charge in [-0.25, -0.2) is 9.78 Å². The van der Waals surface area contributed by atoms with Crippen LogP contribution in [-0.2, 0) is 6.42 Å². The van der Waals surface area contributed by atoms with Gasteiger partial charge < -0.3 is 10.4 Å². The Morgan fingerprint density at radius 3 is 2.52 bits per heavy atom. The molecule has 0 atom stereocenters. The van der Waals surface area contributed by atoms with Crippen molar-refractivity contribution in [3.05, 3.63) is 23.4 Å². The van der Waals surface area contributed by atoms with Crippen LogP contribution in [0, 0.1) is 0 Å². The van der Waals surface area contributed by atoms with Crippen LogP contribution in [0.1, 0.15) is 74.3 Å². The Kier molecular flexibility index (Phi) is 6.03. The minimum atomic E-state index is -0.879. The molecule has 1 fully saturated rings. The fraction of sp³-hybridized carbons (Fsp3) is 0.647. The molecule has 0 saturated heterocycles. The summed E-state index contributed by atoms with van der Waals surface area (Å²) in [6.07, 6.45) is 10.6. The molecule has 1 heterocycles. The molecule has 0 aromatic carbocycles. The zero-order valence-corrected chi connectivity index (χ0v) is 12.9. The molecule has 1 aromatic rings. The predicted octanol–water partition coefficient (Wildman–Crippen LogP) is 4.26. The zero-order chi connectivity index (χ0) is 15.1. The van der Waals surface area contributed by atoms with E-state index in [0.29, 0.717) is 11.6 Å². The molecule has 0 aliphatic heterocycles. The number of hydrogen-bond donors (Lipinski definition) is 2. The van der Waals surface area contributed by atoms with Crippen molar-refractivity contribution in [2.75, 3.05) is 5.32 Å². The second-order valence-corrected chi connectivity index (χ2v) is 5.97. The van der Waals surface area contributed by atoms with Crippen molar-refractivity contribution < 1.29 is 9.90 Å². The molecule has 4 nitrogen and oxygen atoms in total. The van der Waals surface area contributed by atoms with Crippen LogP contribution in [-0.4, -0.2) is 22.1 Å². The lowest BCUT2D eigenvalue weighted by atomic mass is 9.97. The SMILES string of the molecule is CCCc1cc(C(=O)O)cc(NC2CCCCCCC2)n1. The molecule has 1 aliphatic carbocycles. The summed E-state index contributed by atoms with van der Waals surface area (Å²) in [5.74, 6) is -0.153. The molecule has 0 amide bonds. The number of nitrogens with one attached hydrogen (secondary N) is 1. The van der Waals surface area contributed by atoms with Gasteiger partial charge in [0.2, 0.25) is 0 Å². The highest BCUT2D eigenvalue weighted by molar-refractivity contribution is 5.88. The Hall–Kier alpha value is -1.58. The van der Waals surface area contributed by atoms with E-state index in [9.17, 15) is 9.90 Å². The van der Waals surface area contributed by atoms with Gasteiger partial charge in [-0.05, 0) is 31.4 Å². The summed E-state index contributed by atoms with van der Waals surface area (Å²) >= 11 is 0. The minimum absolute atomic E-state index is 0.335. The summed E-state index contributed by atoms with van der Waals surface area (Å²) in [6.45, 7) is 2.08. The van der Waals surface area contributed by atoms with E-state index >= 15 is 0 Å². The topological polar surface area (TPSA) is 62.2 Å². The summed E-state index contributed by atoms with van der Waals surface area (Å²) in [7, 11) is 0. The van der Waals surface area contributed by atoms with Crippen LogP contribution < -0.4 is 5.32 Å². The van der Waals surface area contributed by atoms with Crippen molar-refractivity contribution in [2.24, 2.45) is 0 Å². The van der Waals surface area contributed by atoms with E-state index < -0.39 is 5.97 Å². The lowest BCUT2D eigenvalue weighted by Crippen LogP contribution is -2.21.